The van der Waals surface area contributed by atoms with Gasteiger partial charge in [-0.15, -0.1) is 0 Å². The topological polar surface area (TPSA) is 87.7 Å². The molecule has 6 nitrogen and oxygen atoms in total. The third kappa shape index (κ3) is 3.96. The minimum atomic E-state index is -1.06. The van der Waals surface area contributed by atoms with Gasteiger partial charge in [0.2, 0.25) is 5.91 Å². The average molecular weight is 278 g/mol. The second-order valence-electron chi connectivity index (χ2n) is 4.67. The third-order valence-electron chi connectivity index (χ3n) is 3.12. The maximum absolute atomic E-state index is 12.1. The molecule has 1 aromatic carbocycles. The molecule has 1 aromatic rings. The quantitative estimate of drug-likeness (QED) is 0.754. The lowest BCUT2D eigenvalue weighted by Crippen LogP contribution is -2.43. The summed E-state index contributed by atoms with van der Waals surface area (Å²) in [7, 11) is 0. The number of hydrogen-bond acceptors (Lipinski definition) is 4. The summed E-state index contributed by atoms with van der Waals surface area (Å²) in [6, 6.07) is 6.62. The van der Waals surface area contributed by atoms with E-state index in [0.29, 0.717) is 11.4 Å². The number of carboxylic acid groups (broad SMARTS) is 1. The van der Waals surface area contributed by atoms with Gasteiger partial charge in [-0.1, -0.05) is 18.6 Å². The maximum atomic E-state index is 12.1. The molecular weight excluding hydrogens is 260 g/mol. The van der Waals surface area contributed by atoms with Crippen molar-refractivity contribution in [1.82, 2.24) is 5.32 Å². The van der Waals surface area contributed by atoms with Gasteiger partial charge in [0.25, 0.3) is 0 Å². The number of anilines is 1. The van der Waals surface area contributed by atoms with E-state index in [1.807, 2.05) is 0 Å². The van der Waals surface area contributed by atoms with Gasteiger partial charge >= 0.3 is 5.97 Å². The molecule has 0 aromatic heterocycles. The summed E-state index contributed by atoms with van der Waals surface area (Å²) in [5.74, 6) is -0.810. The summed E-state index contributed by atoms with van der Waals surface area (Å²) < 4.78 is 5.15. The SMILES string of the molecule is O=C(O)COc1ccccc1NC(=O)C1CCCCN1. The molecule has 1 aliphatic rings. The van der Waals surface area contributed by atoms with Crippen LogP contribution in [0.5, 0.6) is 5.75 Å². The van der Waals surface area contributed by atoms with Crippen molar-refractivity contribution in [2.45, 2.75) is 25.3 Å². The first-order chi connectivity index (χ1) is 9.66. The third-order valence-corrected chi connectivity index (χ3v) is 3.12. The van der Waals surface area contributed by atoms with Crippen molar-refractivity contribution in [2.75, 3.05) is 18.5 Å². The molecule has 3 N–H and O–H groups in total. The zero-order valence-corrected chi connectivity index (χ0v) is 11.1. The molecule has 108 valence electrons. The summed E-state index contributed by atoms with van der Waals surface area (Å²) in [4.78, 5) is 22.6. The molecule has 1 amide bonds. The predicted octanol–water partition coefficient (Wildman–Crippen LogP) is 1.23. The number of carbonyl (C=O) groups excluding carboxylic acids is 1. The largest absolute Gasteiger partial charge is 0.480 e. The molecule has 1 saturated heterocycles. The van der Waals surface area contributed by atoms with Crippen LogP contribution in [0.2, 0.25) is 0 Å². The monoisotopic (exact) mass is 278 g/mol. The van der Waals surface area contributed by atoms with E-state index in [9.17, 15) is 9.59 Å². The summed E-state index contributed by atoms with van der Waals surface area (Å²) in [6.07, 6.45) is 2.92. The van der Waals surface area contributed by atoms with Gasteiger partial charge in [-0.05, 0) is 31.5 Å². The molecule has 1 aliphatic heterocycles. The Hall–Kier alpha value is -2.08. The molecule has 1 unspecified atom stereocenters. The Bertz CT molecular complexity index is 484. The van der Waals surface area contributed by atoms with E-state index in [-0.39, 0.29) is 11.9 Å². The lowest BCUT2D eigenvalue weighted by atomic mass is 10.0. The van der Waals surface area contributed by atoms with E-state index in [0.717, 1.165) is 25.8 Å². The van der Waals surface area contributed by atoms with Crippen LogP contribution in [-0.2, 0) is 9.59 Å². The number of carboxylic acids is 1. The van der Waals surface area contributed by atoms with Crippen LogP contribution in [0.3, 0.4) is 0 Å². The highest BCUT2D eigenvalue weighted by Crippen LogP contribution is 2.24. The summed E-state index contributed by atoms with van der Waals surface area (Å²) in [5.41, 5.74) is 0.492. The molecular formula is C14H18N2O4. The first kappa shape index (κ1) is 14.3. The Kier molecular flexibility index (Phi) is 4.95. The van der Waals surface area contributed by atoms with Crippen LogP contribution in [0.15, 0.2) is 24.3 Å². The number of amides is 1. The number of ether oxygens (including phenoxy) is 1. The standard InChI is InChI=1S/C14H18N2O4/c17-13(18)9-20-12-7-2-1-5-10(12)16-14(19)11-6-3-4-8-15-11/h1-2,5,7,11,15H,3-4,6,8-9H2,(H,16,19)(H,17,18). The molecule has 0 aliphatic carbocycles. The van der Waals surface area contributed by atoms with Gasteiger partial charge in [-0.3, -0.25) is 4.79 Å². The molecule has 0 bridgehead atoms. The lowest BCUT2D eigenvalue weighted by molar-refractivity contribution is -0.139. The first-order valence-corrected chi connectivity index (χ1v) is 6.64. The highest BCUT2D eigenvalue weighted by molar-refractivity contribution is 5.96. The van der Waals surface area contributed by atoms with Crippen molar-refractivity contribution >= 4 is 17.6 Å². The van der Waals surface area contributed by atoms with Crippen LogP contribution in [0.1, 0.15) is 19.3 Å². The fourth-order valence-corrected chi connectivity index (χ4v) is 2.13. The number of piperidine rings is 1. The van der Waals surface area contributed by atoms with Crippen LogP contribution in [0.4, 0.5) is 5.69 Å². The summed E-state index contributed by atoms with van der Waals surface area (Å²) in [6.45, 7) is 0.407. The van der Waals surface area contributed by atoms with Gasteiger partial charge in [0.15, 0.2) is 6.61 Å². The Balaban J connectivity index is 2.00. The molecule has 1 heterocycles. The van der Waals surface area contributed by atoms with Gasteiger partial charge in [0.1, 0.15) is 5.75 Å². The van der Waals surface area contributed by atoms with Crippen molar-refractivity contribution in [2.24, 2.45) is 0 Å². The van der Waals surface area contributed by atoms with Crippen molar-refractivity contribution in [3.05, 3.63) is 24.3 Å². The van der Waals surface area contributed by atoms with Gasteiger partial charge in [-0.25, -0.2) is 4.79 Å². The fraction of sp³-hybridized carbons (Fsp3) is 0.429. The fourth-order valence-electron chi connectivity index (χ4n) is 2.13. The summed E-state index contributed by atoms with van der Waals surface area (Å²) in [5, 5.41) is 14.6. The van der Waals surface area contributed by atoms with E-state index < -0.39 is 12.6 Å². The van der Waals surface area contributed by atoms with Crippen molar-refractivity contribution in [3.8, 4) is 5.75 Å². The zero-order chi connectivity index (χ0) is 14.4. The molecule has 2 rings (SSSR count). The highest BCUT2D eigenvalue weighted by atomic mass is 16.5. The number of rotatable bonds is 5. The normalized spacial score (nSPS) is 18.3. The van der Waals surface area contributed by atoms with Crippen molar-refractivity contribution in [3.63, 3.8) is 0 Å². The van der Waals surface area contributed by atoms with Crippen LogP contribution < -0.4 is 15.4 Å². The average Bonchev–Trinajstić information content (AvgIpc) is 2.47. The Morgan fingerprint density at radius 1 is 1.35 bits per heavy atom. The molecule has 0 spiro atoms. The first-order valence-electron chi connectivity index (χ1n) is 6.64. The number of carbonyl (C=O) groups is 2. The second-order valence-corrected chi connectivity index (χ2v) is 4.67. The summed E-state index contributed by atoms with van der Waals surface area (Å²) >= 11 is 0. The number of benzene rings is 1. The van der Waals surface area contributed by atoms with Crippen LogP contribution >= 0.6 is 0 Å². The van der Waals surface area contributed by atoms with Crippen molar-refractivity contribution < 1.29 is 19.4 Å². The van der Waals surface area contributed by atoms with E-state index in [4.69, 9.17) is 9.84 Å². The van der Waals surface area contributed by atoms with Crippen LogP contribution in [0, 0.1) is 0 Å². The minimum absolute atomic E-state index is 0.115. The number of nitrogens with one attached hydrogen (secondary N) is 2. The number of aliphatic carboxylic acids is 1. The maximum Gasteiger partial charge on any atom is 0.341 e. The van der Waals surface area contributed by atoms with Gasteiger partial charge in [0.05, 0.1) is 11.7 Å². The molecule has 1 atom stereocenters. The molecule has 0 saturated carbocycles. The Labute approximate surface area is 117 Å². The minimum Gasteiger partial charge on any atom is -0.480 e. The lowest BCUT2D eigenvalue weighted by Gasteiger charge is -2.23. The van der Waals surface area contributed by atoms with Gasteiger partial charge in [0, 0.05) is 0 Å². The predicted molar refractivity (Wildman–Crippen MR) is 73.8 cm³/mol. The highest BCUT2D eigenvalue weighted by Gasteiger charge is 2.21. The number of hydrogen-bond donors (Lipinski definition) is 3. The van der Waals surface area contributed by atoms with E-state index in [1.165, 1.54) is 0 Å². The second kappa shape index (κ2) is 6.91. The molecule has 1 fully saturated rings. The van der Waals surface area contributed by atoms with Gasteiger partial charge in [-0.2, -0.15) is 0 Å². The van der Waals surface area contributed by atoms with E-state index >= 15 is 0 Å². The van der Waals surface area contributed by atoms with Crippen molar-refractivity contribution in [1.29, 1.82) is 0 Å². The van der Waals surface area contributed by atoms with Crippen LogP contribution in [0.25, 0.3) is 0 Å². The van der Waals surface area contributed by atoms with E-state index in [2.05, 4.69) is 10.6 Å². The number of para-hydroxylation sites is 2. The van der Waals surface area contributed by atoms with E-state index in [1.54, 1.807) is 24.3 Å². The molecule has 6 heteroatoms. The Morgan fingerprint density at radius 3 is 2.85 bits per heavy atom. The van der Waals surface area contributed by atoms with Crippen LogP contribution in [-0.4, -0.2) is 36.2 Å². The Morgan fingerprint density at radius 2 is 2.15 bits per heavy atom. The molecule has 0 radical (unpaired) electrons. The molecule has 20 heavy (non-hydrogen) atoms. The zero-order valence-electron chi connectivity index (χ0n) is 11.1. The smallest absolute Gasteiger partial charge is 0.341 e. The van der Waals surface area contributed by atoms with Gasteiger partial charge < -0.3 is 20.5 Å².